The third kappa shape index (κ3) is 7.42. The highest BCUT2D eigenvalue weighted by molar-refractivity contribution is 5.88. The van der Waals surface area contributed by atoms with E-state index in [4.69, 9.17) is 4.74 Å². The van der Waals surface area contributed by atoms with Gasteiger partial charge in [-0.2, -0.15) is 0 Å². The van der Waals surface area contributed by atoms with Crippen LogP contribution in [0, 0.1) is 5.82 Å². The zero-order chi connectivity index (χ0) is 26.0. The highest BCUT2D eigenvalue weighted by Gasteiger charge is 2.32. The summed E-state index contributed by atoms with van der Waals surface area (Å²) in [5.74, 6) is -0.421. The van der Waals surface area contributed by atoms with Crippen LogP contribution < -0.4 is 10.1 Å². The van der Waals surface area contributed by atoms with Crippen molar-refractivity contribution in [1.82, 2.24) is 10.2 Å². The second-order valence-electron chi connectivity index (χ2n) is 9.59. The first-order chi connectivity index (χ1) is 18.0. The molecule has 1 aliphatic carbocycles. The Kier molecular flexibility index (Phi) is 9.30. The summed E-state index contributed by atoms with van der Waals surface area (Å²) in [5.41, 5.74) is 2.46. The molecule has 1 atom stereocenters. The molecule has 3 aromatic carbocycles. The molecule has 0 unspecified atom stereocenters. The van der Waals surface area contributed by atoms with E-state index < -0.39 is 11.9 Å². The summed E-state index contributed by atoms with van der Waals surface area (Å²) in [7, 11) is 0. The highest BCUT2D eigenvalue weighted by atomic mass is 19.1. The van der Waals surface area contributed by atoms with E-state index >= 15 is 0 Å². The van der Waals surface area contributed by atoms with Gasteiger partial charge in [0.1, 0.15) is 17.6 Å². The van der Waals surface area contributed by atoms with E-state index in [1.807, 2.05) is 54.6 Å². The van der Waals surface area contributed by atoms with Crippen LogP contribution >= 0.6 is 0 Å². The van der Waals surface area contributed by atoms with Gasteiger partial charge in [0.15, 0.2) is 6.61 Å². The number of carbonyl (C=O) groups excluding carboxylic acids is 2. The van der Waals surface area contributed by atoms with Gasteiger partial charge >= 0.3 is 0 Å². The van der Waals surface area contributed by atoms with Crippen molar-refractivity contribution in [1.29, 1.82) is 0 Å². The lowest BCUT2D eigenvalue weighted by Gasteiger charge is -2.32. The van der Waals surface area contributed by atoms with Gasteiger partial charge in [0.05, 0.1) is 0 Å². The Morgan fingerprint density at radius 3 is 2.30 bits per heavy atom. The number of hydrogen-bond acceptors (Lipinski definition) is 3. The van der Waals surface area contributed by atoms with Crippen LogP contribution in [0.1, 0.15) is 49.3 Å². The van der Waals surface area contributed by atoms with Crippen molar-refractivity contribution in [2.75, 3.05) is 6.61 Å². The van der Waals surface area contributed by atoms with E-state index in [1.165, 1.54) is 16.5 Å². The standard InChI is InChI=1S/C31H35FN2O3/c1-2-23-16-18-27(19-17-23)37-22-30(35)34(21-25-12-6-9-15-28(25)32)29(20-24-10-4-3-5-11-24)31(36)33-26-13-7-8-14-26/h3-6,9-12,15-19,26,29H,2,7-8,13-14,20-22H2,1H3,(H,33,36)/t29-/m1/s1. The molecule has 0 bridgehead atoms. The second kappa shape index (κ2) is 13.0. The molecule has 4 rings (SSSR count). The molecule has 0 spiro atoms. The van der Waals surface area contributed by atoms with Crippen LogP contribution in [0.5, 0.6) is 5.75 Å². The molecular weight excluding hydrogens is 467 g/mol. The molecule has 194 valence electrons. The monoisotopic (exact) mass is 502 g/mol. The number of halogens is 1. The average Bonchev–Trinajstić information content (AvgIpc) is 3.44. The number of aryl methyl sites for hydroxylation is 1. The van der Waals surface area contributed by atoms with E-state index in [0.717, 1.165) is 37.7 Å². The number of carbonyl (C=O) groups is 2. The Morgan fingerprint density at radius 1 is 0.946 bits per heavy atom. The molecule has 1 N–H and O–H groups in total. The summed E-state index contributed by atoms with van der Waals surface area (Å²) in [6.45, 7) is 1.80. The number of nitrogens with zero attached hydrogens (tertiary/aromatic N) is 1. The van der Waals surface area contributed by atoms with Gasteiger partial charge in [0, 0.05) is 24.6 Å². The minimum absolute atomic E-state index is 0.0285. The molecule has 0 saturated heterocycles. The maximum absolute atomic E-state index is 14.7. The highest BCUT2D eigenvalue weighted by Crippen LogP contribution is 2.21. The van der Waals surface area contributed by atoms with Gasteiger partial charge < -0.3 is 15.0 Å². The van der Waals surface area contributed by atoms with Crippen LogP contribution in [0.15, 0.2) is 78.9 Å². The third-order valence-corrected chi connectivity index (χ3v) is 6.97. The fourth-order valence-corrected chi connectivity index (χ4v) is 4.78. The Labute approximate surface area is 218 Å². The normalized spacial score (nSPS) is 14.2. The van der Waals surface area contributed by atoms with Gasteiger partial charge in [-0.25, -0.2) is 4.39 Å². The molecule has 0 aromatic heterocycles. The van der Waals surface area contributed by atoms with Crippen LogP contribution in [0.25, 0.3) is 0 Å². The van der Waals surface area contributed by atoms with Gasteiger partial charge in [0.2, 0.25) is 5.91 Å². The number of nitrogens with one attached hydrogen (secondary N) is 1. The van der Waals surface area contributed by atoms with Crippen molar-refractivity contribution >= 4 is 11.8 Å². The van der Waals surface area contributed by atoms with Gasteiger partial charge in [-0.05, 0) is 48.6 Å². The zero-order valence-corrected chi connectivity index (χ0v) is 21.4. The van der Waals surface area contributed by atoms with Crippen molar-refractivity contribution in [3.8, 4) is 5.75 Å². The first-order valence-electron chi connectivity index (χ1n) is 13.1. The largest absolute Gasteiger partial charge is 0.484 e. The van der Waals surface area contributed by atoms with Crippen LogP contribution in [0.3, 0.4) is 0 Å². The van der Waals surface area contributed by atoms with E-state index in [2.05, 4.69) is 12.2 Å². The average molecular weight is 503 g/mol. The maximum Gasteiger partial charge on any atom is 0.261 e. The van der Waals surface area contributed by atoms with Crippen molar-refractivity contribution < 1.29 is 18.7 Å². The van der Waals surface area contributed by atoms with Gasteiger partial charge in [0.25, 0.3) is 5.91 Å². The maximum atomic E-state index is 14.7. The smallest absolute Gasteiger partial charge is 0.261 e. The molecule has 1 aliphatic rings. The van der Waals surface area contributed by atoms with Crippen LogP contribution in [-0.4, -0.2) is 35.4 Å². The number of hydrogen-bond donors (Lipinski definition) is 1. The number of ether oxygens (including phenoxy) is 1. The van der Waals surface area contributed by atoms with Gasteiger partial charge in [-0.3, -0.25) is 9.59 Å². The molecule has 0 heterocycles. The predicted molar refractivity (Wildman–Crippen MR) is 143 cm³/mol. The number of amides is 2. The Balaban J connectivity index is 1.60. The first-order valence-corrected chi connectivity index (χ1v) is 13.1. The Morgan fingerprint density at radius 2 is 1.62 bits per heavy atom. The SMILES string of the molecule is CCc1ccc(OCC(=O)N(Cc2ccccc2F)[C@H](Cc2ccccc2)C(=O)NC2CCCC2)cc1. The minimum Gasteiger partial charge on any atom is -0.484 e. The third-order valence-electron chi connectivity index (χ3n) is 6.97. The lowest BCUT2D eigenvalue weighted by Crippen LogP contribution is -2.53. The van der Waals surface area contributed by atoms with Gasteiger partial charge in [-0.15, -0.1) is 0 Å². The van der Waals surface area contributed by atoms with E-state index in [9.17, 15) is 14.0 Å². The molecule has 3 aromatic rings. The Hall–Kier alpha value is -3.67. The molecule has 6 heteroatoms. The summed E-state index contributed by atoms with van der Waals surface area (Å²) in [4.78, 5) is 28.7. The van der Waals surface area contributed by atoms with Crippen molar-refractivity contribution in [2.24, 2.45) is 0 Å². The summed E-state index contributed by atoms with van der Waals surface area (Å²) in [5, 5.41) is 3.15. The summed E-state index contributed by atoms with van der Waals surface area (Å²) in [6.07, 6.45) is 5.26. The predicted octanol–water partition coefficient (Wildman–Crippen LogP) is 5.47. The summed E-state index contributed by atoms with van der Waals surface area (Å²) < 4.78 is 20.5. The number of rotatable bonds is 11. The molecule has 0 aliphatic heterocycles. The summed E-state index contributed by atoms with van der Waals surface area (Å²) >= 11 is 0. The topological polar surface area (TPSA) is 58.6 Å². The van der Waals surface area contributed by atoms with Crippen LogP contribution in [0.4, 0.5) is 4.39 Å². The lowest BCUT2D eigenvalue weighted by atomic mass is 10.0. The van der Waals surface area contributed by atoms with E-state index in [1.54, 1.807) is 18.2 Å². The Bertz CT molecular complexity index is 1160. The lowest BCUT2D eigenvalue weighted by molar-refractivity contribution is -0.143. The molecule has 1 fully saturated rings. The molecule has 2 amide bonds. The molecule has 1 saturated carbocycles. The van der Waals surface area contributed by atoms with Crippen molar-refractivity contribution in [3.05, 3.63) is 101 Å². The zero-order valence-electron chi connectivity index (χ0n) is 21.4. The summed E-state index contributed by atoms with van der Waals surface area (Å²) in [6, 6.07) is 22.9. The first kappa shape index (κ1) is 26.4. The van der Waals surface area contributed by atoms with Crippen molar-refractivity contribution in [3.63, 3.8) is 0 Å². The molecule has 0 radical (unpaired) electrons. The fourth-order valence-electron chi connectivity index (χ4n) is 4.78. The molecule has 5 nitrogen and oxygen atoms in total. The second-order valence-corrected chi connectivity index (χ2v) is 9.59. The van der Waals surface area contributed by atoms with Crippen molar-refractivity contribution in [2.45, 2.75) is 64.1 Å². The number of benzene rings is 3. The molecular formula is C31H35FN2O3. The fraction of sp³-hybridized carbons (Fsp3) is 0.355. The van der Waals surface area contributed by atoms with E-state index in [-0.39, 0.29) is 31.0 Å². The quantitative estimate of drug-likeness (QED) is 0.379. The van der Waals surface area contributed by atoms with Crippen LogP contribution in [0.2, 0.25) is 0 Å². The van der Waals surface area contributed by atoms with E-state index in [0.29, 0.717) is 17.7 Å². The van der Waals surface area contributed by atoms with Crippen LogP contribution in [-0.2, 0) is 29.0 Å². The van der Waals surface area contributed by atoms with Gasteiger partial charge in [-0.1, -0.05) is 80.4 Å². The molecule has 37 heavy (non-hydrogen) atoms. The minimum atomic E-state index is -0.804.